The predicted molar refractivity (Wildman–Crippen MR) is 113 cm³/mol. The molecule has 0 spiro atoms. The summed E-state index contributed by atoms with van der Waals surface area (Å²) in [6.45, 7) is 3.76. The highest BCUT2D eigenvalue weighted by Gasteiger charge is 2.08. The Kier molecular flexibility index (Phi) is 7.92. The average molecular weight is 370 g/mol. The number of aromatic nitrogens is 1. The topological polar surface area (TPSA) is 61.8 Å². The Labute approximate surface area is 162 Å². The van der Waals surface area contributed by atoms with Crippen molar-refractivity contribution in [2.45, 2.75) is 25.8 Å². The molecule has 27 heavy (non-hydrogen) atoms. The van der Waals surface area contributed by atoms with E-state index in [0.29, 0.717) is 12.5 Å². The maximum atomic E-state index is 5.22. The summed E-state index contributed by atoms with van der Waals surface area (Å²) in [4.78, 5) is 10.8. The first-order valence-corrected chi connectivity index (χ1v) is 9.24. The first-order chi connectivity index (χ1) is 13.0. The van der Waals surface area contributed by atoms with Gasteiger partial charge in [-0.15, -0.1) is 0 Å². The summed E-state index contributed by atoms with van der Waals surface area (Å²) in [5.74, 6) is 3.11. The minimum Gasteiger partial charge on any atom is -0.497 e. The summed E-state index contributed by atoms with van der Waals surface area (Å²) in [5, 5.41) is 6.76. The fourth-order valence-corrected chi connectivity index (χ4v) is 2.88. The van der Waals surface area contributed by atoms with Gasteiger partial charge in [-0.25, -0.2) is 4.98 Å². The van der Waals surface area contributed by atoms with Crippen molar-refractivity contribution in [3.8, 4) is 5.75 Å². The van der Waals surface area contributed by atoms with E-state index in [1.54, 1.807) is 14.2 Å². The molecule has 0 aliphatic heterocycles. The summed E-state index contributed by atoms with van der Waals surface area (Å²) in [6, 6.07) is 12.3. The zero-order valence-corrected chi connectivity index (χ0v) is 17.0. The van der Waals surface area contributed by atoms with Crippen LogP contribution in [0, 0.1) is 0 Å². The van der Waals surface area contributed by atoms with E-state index in [0.717, 1.165) is 36.1 Å². The molecule has 0 saturated carbocycles. The highest BCUT2D eigenvalue weighted by atomic mass is 16.5. The van der Waals surface area contributed by atoms with E-state index in [-0.39, 0.29) is 0 Å². The molecule has 1 unspecified atom stereocenters. The number of hydrogen-bond donors (Lipinski definition) is 2. The average Bonchev–Trinajstić information content (AvgIpc) is 2.70. The van der Waals surface area contributed by atoms with Crippen molar-refractivity contribution in [3.63, 3.8) is 0 Å². The minimum absolute atomic E-state index is 0.458. The van der Waals surface area contributed by atoms with Gasteiger partial charge in [0.1, 0.15) is 11.6 Å². The molecule has 0 aliphatic carbocycles. The number of nitrogens with one attached hydrogen (secondary N) is 2. The molecule has 146 valence electrons. The molecule has 2 aromatic rings. The quantitative estimate of drug-likeness (QED) is 0.553. The second-order valence-electron chi connectivity index (χ2n) is 6.70. The van der Waals surface area contributed by atoms with Crippen molar-refractivity contribution in [1.82, 2.24) is 15.6 Å². The third kappa shape index (κ3) is 6.16. The Balaban J connectivity index is 1.82. The van der Waals surface area contributed by atoms with Crippen LogP contribution >= 0.6 is 0 Å². The van der Waals surface area contributed by atoms with Gasteiger partial charge in [0.2, 0.25) is 0 Å². The molecule has 1 heterocycles. The molecular formula is C21H31N5O. The Morgan fingerprint density at radius 2 is 1.93 bits per heavy atom. The van der Waals surface area contributed by atoms with Crippen LogP contribution in [-0.4, -0.2) is 45.7 Å². The van der Waals surface area contributed by atoms with E-state index in [1.807, 2.05) is 43.4 Å². The smallest absolute Gasteiger partial charge is 0.191 e. The maximum Gasteiger partial charge on any atom is 0.191 e. The monoisotopic (exact) mass is 369 g/mol. The van der Waals surface area contributed by atoms with Gasteiger partial charge in [0, 0.05) is 46.0 Å². The fourth-order valence-electron chi connectivity index (χ4n) is 2.88. The van der Waals surface area contributed by atoms with Gasteiger partial charge < -0.3 is 20.3 Å². The fraction of sp³-hybridized carbons (Fsp3) is 0.429. The number of nitrogens with zero attached hydrogens (tertiary/aromatic N) is 3. The van der Waals surface area contributed by atoms with Crippen molar-refractivity contribution in [1.29, 1.82) is 0 Å². The number of methoxy groups -OCH3 is 1. The normalized spacial score (nSPS) is 12.4. The number of anilines is 1. The predicted octanol–water partition coefficient (Wildman–Crippen LogP) is 3.02. The van der Waals surface area contributed by atoms with E-state index in [1.165, 1.54) is 5.56 Å². The van der Waals surface area contributed by atoms with Gasteiger partial charge in [-0.3, -0.25) is 4.99 Å². The Hall–Kier alpha value is -2.76. The van der Waals surface area contributed by atoms with E-state index in [9.17, 15) is 0 Å². The second-order valence-corrected chi connectivity index (χ2v) is 6.70. The number of pyridine rings is 1. The van der Waals surface area contributed by atoms with E-state index >= 15 is 0 Å². The van der Waals surface area contributed by atoms with Gasteiger partial charge in [-0.2, -0.15) is 0 Å². The van der Waals surface area contributed by atoms with Crippen molar-refractivity contribution in [2.75, 3.05) is 39.7 Å². The summed E-state index contributed by atoms with van der Waals surface area (Å²) in [7, 11) is 7.48. The van der Waals surface area contributed by atoms with Crippen LogP contribution in [0.25, 0.3) is 0 Å². The molecule has 0 aliphatic rings. The van der Waals surface area contributed by atoms with Gasteiger partial charge in [0.15, 0.2) is 5.96 Å². The van der Waals surface area contributed by atoms with Crippen LogP contribution in [0.2, 0.25) is 0 Å². The highest BCUT2D eigenvalue weighted by molar-refractivity contribution is 5.79. The molecule has 0 radical (unpaired) electrons. The van der Waals surface area contributed by atoms with Crippen LogP contribution < -0.4 is 20.3 Å². The third-order valence-corrected chi connectivity index (χ3v) is 4.52. The number of benzene rings is 1. The minimum atomic E-state index is 0.458. The summed E-state index contributed by atoms with van der Waals surface area (Å²) >= 11 is 0. The summed E-state index contributed by atoms with van der Waals surface area (Å²) in [5.41, 5.74) is 2.45. The van der Waals surface area contributed by atoms with E-state index in [2.05, 4.69) is 45.7 Å². The number of aliphatic imine (C=N–C) groups is 1. The lowest BCUT2D eigenvalue weighted by Gasteiger charge is -2.18. The SMILES string of the molecule is CN=C(NCCC(C)c1ccc(OC)cc1)NCc1cccnc1N(C)C. The van der Waals surface area contributed by atoms with Crippen LogP contribution in [-0.2, 0) is 6.54 Å². The van der Waals surface area contributed by atoms with Gasteiger partial charge in [0.25, 0.3) is 0 Å². The number of hydrogen-bond acceptors (Lipinski definition) is 4. The lowest BCUT2D eigenvalue weighted by Crippen LogP contribution is -2.37. The zero-order chi connectivity index (χ0) is 19.6. The van der Waals surface area contributed by atoms with Crippen LogP contribution in [0.5, 0.6) is 5.75 Å². The van der Waals surface area contributed by atoms with Crippen LogP contribution in [0.15, 0.2) is 47.6 Å². The molecule has 0 fully saturated rings. The van der Waals surface area contributed by atoms with Crippen molar-refractivity contribution in [2.24, 2.45) is 4.99 Å². The lowest BCUT2D eigenvalue weighted by molar-refractivity contribution is 0.414. The Morgan fingerprint density at radius 3 is 2.56 bits per heavy atom. The molecule has 1 atom stereocenters. The van der Waals surface area contributed by atoms with Crippen LogP contribution in [0.1, 0.15) is 30.4 Å². The first kappa shape index (κ1) is 20.6. The molecular weight excluding hydrogens is 338 g/mol. The summed E-state index contributed by atoms with van der Waals surface area (Å²) in [6.07, 6.45) is 2.83. The molecule has 6 heteroatoms. The Morgan fingerprint density at radius 1 is 1.19 bits per heavy atom. The number of ether oxygens (including phenoxy) is 1. The van der Waals surface area contributed by atoms with Crippen LogP contribution in [0.4, 0.5) is 5.82 Å². The molecule has 0 amide bonds. The van der Waals surface area contributed by atoms with E-state index < -0.39 is 0 Å². The standard InChI is InChI=1S/C21H31N5O/c1-16(17-8-10-19(27-5)11-9-17)12-14-24-21(22-2)25-15-18-7-6-13-23-20(18)26(3)4/h6-11,13,16H,12,14-15H2,1-5H3,(H2,22,24,25). The van der Waals surface area contributed by atoms with Gasteiger partial charge in [-0.05, 0) is 36.1 Å². The molecule has 0 saturated heterocycles. The third-order valence-electron chi connectivity index (χ3n) is 4.52. The second kappa shape index (κ2) is 10.4. The molecule has 1 aromatic heterocycles. The largest absolute Gasteiger partial charge is 0.497 e. The van der Waals surface area contributed by atoms with Crippen molar-refractivity contribution < 1.29 is 4.74 Å². The Bertz CT molecular complexity index is 728. The van der Waals surface area contributed by atoms with Gasteiger partial charge >= 0.3 is 0 Å². The molecule has 0 bridgehead atoms. The van der Waals surface area contributed by atoms with Gasteiger partial charge in [-0.1, -0.05) is 25.1 Å². The number of guanidine groups is 1. The summed E-state index contributed by atoms with van der Waals surface area (Å²) < 4.78 is 5.22. The highest BCUT2D eigenvalue weighted by Crippen LogP contribution is 2.21. The number of rotatable bonds is 8. The van der Waals surface area contributed by atoms with Crippen LogP contribution in [0.3, 0.4) is 0 Å². The molecule has 1 aromatic carbocycles. The van der Waals surface area contributed by atoms with Crippen molar-refractivity contribution >= 4 is 11.8 Å². The van der Waals surface area contributed by atoms with Gasteiger partial charge in [0.05, 0.1) is 7.11 Å². The zero-order valence-electron chi connectivity index (χ0n) is 17.0. The molecule has 6 nitrogen and oxygen atoms in total. The lowest BCUT2D eigenvalue weighted by atomic mass is 9.98. The van der Waals surface area contributed by atoms with E-state index in [4.69, 9.17) is 4.74 Å². The molecule has 2 rings (SSSR count). The van der Waals surface area contributed by atoms with Crippen molar-refractivity contribution in [3.05, 3.63) is 53.7 Å². The molecule has 2 N–H and O–H groups in total. The maximum absolute atomic E-state index is 5.22. The first-order valence-electron chi connectivity index (χ1n) is 9.24.